The van der Waals surface area contributed by atoms with Crippen LogP contribution in [0.25, 0.3) is 12.2 Å². The molecule has 0 bridgehead atoms. The summed E-state index contributed by atoms with van der Waals surface area (Å²) in [5, 5.41) is 11.9. The Labute approximate surface area is 166 Å². The highest BCUT2D eigenvalue weighted by Crippen LogP contribution is 2.38. The molecule has 28 heavy (non-hydrogen) atoms. The number of aromatic nitrogens is 2. The van der Waals surface area contributed by atoms with Crippen molar-refractivity contribution in [2.75, 3.05) is 26.6 Å². The molecule has 1 amide bonds. The van der Waals surface area contributed by atoms with Gasteiger partial charge in [0.25, 0.3) is 5.91 Å². The minimum Gasteiger partial charge on any atom is -0.493 e. The van der Waals surface area contributed by atoms with Crippen LogP contribution in [0.2, 0.25) is 0 Å². The Kier molecular flexibility index (Phi) is 6.23. The molecule has 144 valence electrons. The lowest BCUT2D eigenvalue weighted by molar-refractivity contribution is 0.102. The highest BCUT2D eigenvalue weighted by atomic mass is 32.1. The summed E-state index contributed by atoms with van der Waals surface area (Å²) in [6.45, 7) is 0. The number of methoxy groups -OCH3 is 3. The van der Waals surface area contributed by atoms with Crippen molar-refractivity contribution in [3.63, 3.8) is 0 Å². The zero-order valence-corrected chi connectivity index (χ0v) is 16.4. The Hall–Kier alpha value is -3.39. The van der Waals surface area contributed by atoms with E-state index in [1.54, 1.807) is 12.1 Å². The second-order valence-corrected chi connectivity index (χ2v) is 6.57. The molecule has 0 aliphatic carbocycles. The molecule has 2 aromatic carbocycles. The van der Waals surface area contributed by atoms with E-state index >= 15 is 0 Å². The lowest BCUT2D eigenvalue weighted by atomic mass is 10.1. The Morgan fingerprint density at radius 2 is 1.64 bits per heavy atom. The van der Waals surface area contributed by atoms with Crippen LogP contribution in [0.1, 0.15) is 20.9 Å². The molecule has 0 spiro atoms. The lowest BCUT2D eigenvalue weighted by Gasteiger charge is -2.13. The Bertz CT molecular complexity index is 961. The number of benzene rings is 2. The maximum Gasteiger partial charge on any atom is 0.257 e. The lowest BCUT2D eigenvalue weighted by Crippen LogP contribution is -2.12. The first-order chi connectivity index (χ1) is 13.6. The highest BCUT2D eigenvalue weighted by molar-refractivity contribution is 7.16. The van der Waals surface area contributed by atoms with Gasteiger partial charge >= 0.3 is 0 Å². The van der Waals surface area contributed by atoms with Gasteiger partial charge in [0.15, 0.2) is 11.5 Å². The molecule has 0 aliphatic heterocycles. The van der Waals surface area contributed by atoms with Crippen LogP contribution >= 0.6 is 11.3 Å². The van der Waals surface area contributed by atoms with Crippen molar-refractivity contribution in [3.8, 4) is 17.2 Å². The normalized spacial score (nSPS) is 10.7. The molecular formula is C20H19N3O4S. The molecule has 3 aromatic rings. The predicted octanol–water partition coefficient (Wildman–Crippen LogP) is 3.99. The molecule has 0 aliphatic rings. The first-order valence-corrected chi connectivity index (χ1v) is 9.14. The van der Waals surface area contributed by atoms with Crippen molar-refractivity contribution in [2.45, 2.75) is 0 Å². The van der Waals surface area contributed by atoms with Gasteiger partial charge in [0.05, 0.1) is 21.3 Å². The minimum absolute atomic E-state index is 0.353. The van der Waals surface area contributed by atoms with Gasteiger partial charge in [0.2, 0.25) is 10.9 Å². The number of hydrogen-bond acceptors (Lipinski definition) is 7. The molecule has 1 N–H and O–H groups in total. The van der Waals surface area contributed by atoms with Crippen LogP contribution in [-0.4, -0.2) is 37.4 Å². The van der Waals surface area contributed by atoms with Crippen LogP contribution < -0.4 is 19.5 Å². The zero-order chi connectivity index (χ0) is 19.9. The molecule has 8 heteroatoms. The number of nitrogens with zero attached hydrogens (tertiary/aromatic N) is 2. The summed E-state index contributed by atoms with van der Waals surface area (Å²) in [5.74, 6) is 0.867. The first kappa shape index (κ1) is 19.4. The number of carbonyl (C=O) groups excluding carboxylic acids is 1. The van der Waals surface area contributed by atoms with Gasteiger partial charge < -0.3 is 14.2 Å². The van der Waals surface area contributed by atoms with Gasteiger partial charge in [-0.1, -0.05) is 47.7 Å². The van der Waals surface area contributed by atoms with Crippen LogP contribution in [0.3, 0.4) is 0 Å². The summed E-state index contributed by atoms with van der Waals surface area (Å²) in [6.07, 6.45) is 3.79. The van der Waals surface area contributed by atoms with Crippen molar-refractivity contribution in [2.24, 2.45) is 0 Å². The van der Waals surface area contributed by atoms with Crippen molar-refractivity contribution in [1.82, 2.24) is 10.2 Å². The van der Waals surface area contributed by atoms with Crippen LogP contribution in [0, 0.1) is 0 Å². The standard InChI is InChI=1S/C20H19N3O4S/c1-25-15-11-14(12-16(26-2)18(15)27-3)19(24)21-20-23-22-17(28-20)10-9-13-7-5-4-6-8-13/h4-12H,1-3H3,(H,21,23,24)/b10-9+. The molecule has 0 radical (unpaired) electrons. The van der Waals surface area contributed by atoms with Gasteiger partial charge in [0.1, 0.15) is 5.01 Å². The van der Waals surface area contributed by atoms with E-state index in [9.17, 15) is 4.79 Å². The SMILES string of the molecule is COc1cc(C(=O)Nc2nnc(/C=C/c3ccccc3)s2)cc(OC)c1OC. The number of hydrogen-bond donors (Lipinski definition) is 1. The zero-order valence-electron chi connectivity index (χ0n) is 15.6. The third kappa shape index (κ3) is 4.47. The monoisotopic (exact) mass is 397 g/mol. The summed E-state index contributed by atoms with van der Waals surface area (Å²) < 4.78 is 15.8. The fourth-order valence-electron chi connectivity index (χ4n) is 2.47. The van der Waals surface area contributed by atoms with Gasteiger partial charge in [-0.25, -0.2) is 0 Å². The van der Waals surface area contributed by atoms with Crippen molar-refractivity contribution >= 4 is 34.5 Å². The smallest absolute Gasteiger partial charge is 0.257 e. The van der Waals surface area contributed by atoms with Crippen LogP contribution in [0.15, 0.2) is 42.5 Å². The Morgan fingerprint density at radius 3 is 2.25 bits per heavy atom. The maximum absolute atomic E-state index is 12.6. The van der Waals surface area contributed by atoms with Gasteiger partial charge in [-0.2, -0.15) is 0 Å². The first-order valence-electron chi connectivity index (χ1n) is 8.32. The van der Waals surface area contributed by atoms with Crippen LogP contribution in [0.4, 0.5) is 5.13 Å². The van der Waals surface area contributed by atoms with Gasteiger partial charge in [-0.05, 0) is 23.8 Å². The summed E-state index contributed by atoms with van der Waals surface area (Å²) >= 11 is 1.27. The van der Waals surface area contributed by atoms with Crippen molar-refractivity contribution < 1.29 is 19.0 Å². The summed E-state index contributed by atoms with van der Waals surface area (Å²) in [5.41, 5.74) is 1.41. The van der Waals surface area contributed by atoms with Crippen molar-refractivity contribution in [3.05, 3.63) is 58.6 Å². The van der Waals surface area contributed by atoms with Gasteiger partial charge in [-0.3, -0.25) is 10.1 Å². The van der Waals surface area contributed by atoms with E-state index in [0.717, 1.165) is 5.56 Å². The molecular weight excluding hydrogens is 378 g/mol. The van der Waals surface area contributed by atoms with E-state index in [1.165, 1.54) is 32.7 Å². The summed E-state index contributed by atoms with van der Waals surface area (Å²) in [6, 6.07) is 13.0. The summed E-state index contributed by atoms with van der Waals surface area (Å²) in [7, 11) is 4.50. The number of anilines is 1. The molecule has 0 saturated carbocycles. The van der Waals surface area contributed by atoms with E-state index in [4.69, 9.17) is 14.2 Å². The molecule has 3 rings (SSSR count). The number of carbonyl (C=O) groups is 1. The molecule has 0 saturated heterocycles. The predicted molar refractivity (Wildman–Crippen MR) is 109 cm³/mol. The number of amides is 1. The van der Waals surface area contributed by atoms with Gasteiger partial charge in [-0.15, -0.1) is 10.2 Å². The molecule has 7 nitrogen and oxygen atoms in total. The van der Waals surface area contributed by atoms with Crippen LogP contribution in [-0.2, 0) is 0 Å². The Balaban J connectivity index is 1.75. The molecule has 0 unspecified atom stereocenters. The third-order valence-corrected chi connectivity index (χ3v) is 4.61. The second kappa shape index (κ2) is 9.01. The fraction of sp³-hybridized carbons (Fsp3) is 0.150. The van der Waals surface area contributed by atoms with E-state index in [2.05, 4.69) is 15.5 Å². The van der Waals surface area contributed by atoms with E-state index < -0.39 is 0 Å². The number of nitrogens with one attached hydrogen (secondary N) is 1. The Morgan fingerprint density at radius 1 is 0.964 bits per heavy atom. The average Bonchev–Trinajstić information content (AvgIpc) is 3.19. The second-order valence-electron chi connectivity index (χ2n) is 5.56. The average molecular weight is 397 g/mol. The fourth-order valence-corrected chi connectivity index (χ4v) is 3.11. The summed E-state index contributed by atoms with van der Waals surface area (Å²) in [4.78, 5) is 12.6. The van der Waals surface area contributed by atoms with E-state index in [-0.39, 0.29) is 5.91 Å². The van der Waals surface area contributed by atoms with Gasteiger partial charge in [0, 0.05) is 5.56 Å². The van der Waals surface area contributed by atoms with E-state index in [0.29, 0.717) is 33.0 Å². The minimum atomic E-state index is -0.353. The quantitative estimate of drug-likeness (QED) is 0.649. The number of rotatable bonds is 7. The topological polar surface area (TPSA) is 82.6 Å². The maximum atomic E-state index is 12.6. The molecule has 0 fully saturated rings. The largest absolute Gasteiger partial charge is 0.493 e. The third-order valence-electron chi connectivity index (χ3n) is 3.81. The molecule has 1 aromatic heterocycles. The van der Waals surface area contributed by atoms with E-state index in [1.807, 2.05) is 42.5 Å². The molecule has 1 heterocycles. The number of ether oxygens (including phenoxy) is 3. The highest BCUT2D eigenvalue weighted by Gasteiger charge is 2.18. The molecule has 0 atom stereocenters. The van der Waals surface area contributed by atoms with Crippen molar-refractivity contribution in [1.29, 1.82) is 0 Å². The van der Waals surface area contributed by atoms with Crippen LogP contribution in [0.5, 0.6) is 17.2 Å².